The number of nitrogens with one attached hydrogen (secondary N) is 1. The first-order valence-electron chi connectivity index (χ1n) is 12.8. The number of carboxylic acids is 2. The van der Waals surface area contributed by atoms with E-state index in [1.807, 2.05) is 0 Å². The second-order valence-corrected chi connectivity index (χ2v) is 12.3. The van der Waals surface area contributed by atoms with E-state index in [2.05, 4.69) is 24.9 Å². The molecule has 5 heterocycles. The number of nitrogens with two attached hydrogens (primary N) is 1. The summed E-state index contributed by atoms with van der Waals surface area (Å²) in [5.41, 5.74) is 4.28. The fourth-order valence-electron chi connectivity index (χ4n) is 5.11. The molecule has 4 aliphatic rings. The number of carbonyl (C=O) groups excluding carboxylic acids is 2. The second-order valence-electron chi connectivity index (χ2n) is 10.3. The fraction of sp³-hybridized carbons (Fsp3) is 0.542. The van der Waals surface area contributed by atoms with Crippen LogP contribution in [-0.4, -0.2) is 114 Å². The quantitative estimate of drug-likeness (QED) is 0.130. The van der Waals surface area contributed by atoms with E-state index in [0.29, 0.717) is 17.9 Å². The monoisotopic (exact) mass is 592 g/mol. The van der Waals surface area contributed by atoms with Gasteiger partial charge in [0.05, 0.1) is 26.1 Å². The fourth-order valence-corrected chi connectivity index (χ4v) is 6.99. The van der Waals surface area contributed by atoms with Gasteiger partial charge in [-0.3, -0.25) is 24.0 Å². The third-order valence-electron chi connectivity index (χ3n) is 7.19. The Bertz CT molecular complexity index is 1370. The number of rotatable bonds is 9. The first-order valence-corrected chi connectivity index (χ1v) is 14.7. The van der Waals surface area contributed by atoms with Crippen molar-refractivity contribution in [3.8, 4) is 0 Å². The van der Waals surface area contributed by atoms with E-state index in [1.165, 1.54) is 41.7 Å². The minimum Gasteiger partial charge on any atom is -0.478 e. The molecule has 0 bridgehead atoms. The highest BCUT2D eigenvalue weighted by atomic mass is 32.2. The lowest BCUT2D eigenvalue weighted by molar-refractivity contribution is -0.529. The van der Waals surface area contributed by atoms with Crippen molar-refractivity contribution < 1.29 is 38.8 Å². The number of nitrogens with zero attached hydrogens (tertiary/aromatic N) is 5. The van der Waals surface area contributed by atoms with Gasteiger partial charge in [-0.15, -0.1) is 23.1 Å². The number of amides is 2. The summed E-state index contributed by atoms with van der Waals surface area (Å²) in [7, 11) is 0. The summed E-state index contributed by atoms with van der Waals surface area (Å²) in [6.45, 7) is 5.83. The van der Waals surface area contributed by atoms with Crippen LogP contribution in [0.25, 0.3) is 0 Å². The Kier molecular flexibility index (Phi) is 7.48. The average Bonchev–Trinajstić information content (AvgIpc) is 3.56. The number of aromatic nitrogens is 1. The topological polar surface area (TPSA) is 191 Å². The Morgan fingerprint density at radius 2 is 2.05 bits per heavy atom. The van der Waals surface area contributed by atoms with Gasteiger partial charge in [0.1, 0.15) is 29.4 Å². The van der Waals surface area contributed by atoms with Crippen LogP contribution in [0, 0.1) is 0 Å². The molecule has 5 N–H and O–H groups in total. The van der Waals surface area contributed by atoms with Gasteiger partial charge in [0.15, 0.2) is 10.8 Å². The molecular weight excluding hydrogens is 562 g/mol. The van der Waals surface area contributed by atoms with Crippen molar-refractivity contribution >= 4 is 63.5 Å². The number of β-lactam (4-membered cyclic amide) rings is 1. The summed E-state index contributed by atoms with van der Waals surface area (Å²) >= 11 is 2.43. The first kappa shape index (κ1) is 27.9. The molecule has 5 rings (SSSR count). The van der Waals surface area contributed by atoms with Crippen LogP contribution >= 0.6 is 23.1 Å². The lowest BCUT2D eigenvalue weighted by Crippen LogP contribution is -2.71. The highest BCUT2D eigenvalue weighted by molar-refractivity contribution is 8.00. The molecule has 40 heavy (non-hydrogen) atoms. The summed E-state index contributed by atoms with van der Waals surface area (Å²) in [6, 6.07) is -1.02. The van der Waals surface area contributed by atoms with Crippen molar-refractivity contribution in [2.24, 2.45) is 5.16 Å². The molecule has 0 unspecified atom stereocenters. The number of fused-ring (bicyclic) bond motifs is 1. The molecule has 214 valence electrons. The van der Waals surface area contributed by atoms with E-state index < -0.39 is 40.8 Å². The zero-order valence-electron chi connectivity index (χ0n) is 22.0. The maximum atomic E-state index is 13.2. The Balaban J connectivity index is 1.34. The van der Waals surface area contributed by atoms with Gasteiger partial charge in [-0.2, -0.15) is 0 Å². The van der Waals surface area contributed by atoms with Crippen LogP contribution in [0.1, 0.15) is 38.8 Å². The van der Waals surface area contributed by atoms with Crippen molar-refractivity contribution in [1.82, 2.24) is 20.1 Å². The smallest absolute Gasteiger partial charge is 0.352 e. The molecule has 14 nitrogen and oxygen atoms in total. The number of thioether (sulfide) groups is 1. The molecule has 16 heteroatoms. The molecule has 0 aliphatic carbocycles. The predicted molar refractivity (Wildman–Crippen MR) is 146 cm³/mol. The molecule has 1 saturated heterocycles. The van der Waals surface area contributed by atoms with Crippen LogP contribution in [0.2, 0.25) is 0 Å². The number of carbonyl (C=O) groups is 4. The number of anilines is 1. The number of hydrogen-bond acceptors (Lipinski definition) is 11. The van der Waals surface area contributed by atoms with Crippen LogP contribution in [-0.2, 0) is 24.0 Å². The van der Waals surface area contributed by atoms with Crippen molar-refractivity contribution in [2.45, 2.75) is 50.1 Å². The Hall–Kier alpha value is -3.66. The SMILES string of the molecule is CC(C)(O/N=C(\C(=O)N[C@@H]1C(=O)N2C(C(=O)O)=C(CN3CCC[N+]4=C3CCC4)CS[C@H]12)c1csc(N)n1)C(=O)O. The van der Waals surface area contributed by atoms with Crippen LogP contribution in [0.3, 0.4) is 0 Å². The lowest BCUT2D eigenvalue weighted by atomic mass is 10.0. The van der Waals surface area contributed by atoms with Gasteiger partial charge in [0, 0.05) is 23.1 Å². The van der Waals surface area contributed by atoms with Gasteiger partial charge in [-0.05, 0) is 20.3 Å². The molecule has 0 spiro atoms. The summed E-state index contributed by atoms with van der Waals surface area (Å²) in [4.78, 5) is 62.9. The maximum Gasteiger partial charge on any atom is 0.352 e. The predicted octanol–water partition coefficient (Wildman–Crippen LogP) is -0.0417. The van der Waals surface area contributed by atoms with E-state index >= 15 is 0 Å². The van der Waals surface area contributed by atoms with Gasteiger partial charge in [0.25, 0.3) is 11.8 Å². The highest BCUT2D eigenvalue weighted by Crippen LogP contribution is 2.40. The number of carboxylic acid groups (broad SMARTS) is 2. The number of thiazole rings is 1. The Morgan fingerprint density at radius 3 is 2.73 bits per heavy atom. The Morgan fingerprint density at radius 1 is 1.30 bits per heavy atom. The molecule has 0 aromatic carbocycles. The van der Waals surface area contributed by atoms with E-state index in [1.54, 1.807) is 0 Å². The highest BCUT2D eigenvalue weighted by Gasteiger charge is 2.55. The molecule has 1 fully saturated rings. The minimum absolute atomic E-state index is 0.0392. The molecule has 2 atom stereocenters. The van der Waals surface area contributed by atoms with E-state index in [9.17, 15) is 29.4 Å². The number of aliphatic carboxylic acids is 2. The zero-order chi connectivity index (χ0) is 28.8. The number of hydrogen-bond donors (Lipinski definition) is 4. The molecule has 4 aliphatic heterocycles. The number of oxime groups is 1. The normalized spacial score (nSPS) is 23.1. The second kappa shape index (κ2) is 10.7. The van der Waals surface area contributed by atoms with Crippen LogP contribution in [0.4, 0.5) is 5.13 Å². The Labute approximate surface area is 237 Å². The van der Waals surface area contributed by atoms with Gasteiger partial charge < -0.3 is 26.1 Å². The van der Waals surface area contributed by atoms with Gasteiger partial charge in [-0.1, -0.05) is 5.16 Å². The number of amidine groups is 1. The molecule has 1 aromatic rings. The average molecular weight is 593 g/mol. The molecule has 0 radical (unpaired) electrons. The largest absolute Gasteiger partial charge is 0.478 e. The first-order chi connectivity index (χ1) is 19.0. The van der Waals surface area contributed by atoms with E-state index in [-0.39, 0.29) is 22.2 Å². The van der Waals surface area contributed by atoms with Gasteiger partial charge >= 0.3 is 11.9 Å². The zero-order valence-corrected chi connectivity index (χ0v) is 23.6. The van der Waals surface area contributed by atoms with Crippen LogP contribution < -0.4 is 11.1 Å². The van der Waals surface area contributed by atoms with Crippen molar-refractivity contribution in [2.75, 3.05) is 37.7 Å². The van der Waals surface area contributed by atoms with Gasteiger partial charge in [0.2, 0.25) is 11.4 Å². The van der Waals surface area contributed by atoms with Crippen molar-refractivity contribution in [1.29, 1.82) is 0 Å². The third-order valence-corrected chi connectivity index (χ3v) is 9.21. The van der Waals surface area contributed by atoms with Crippen LogP contribution in [0.5, 0.6) is 0 Å². The number of nitrogen functional groups attached to an aromatic ring is 1. The van der Waals surface area contributed by atoms with Crippen molar-refractivity contribution in [3.05, 3.63) is 22.3 Å². The van der Waals surface area contributed by atoms with Crippen molar-refractivity contribution in [3.63, 3.8) is 0 Å². The van der Waals surface area contributed by atoms with Crippen LogP contribution in [0.15, 0.2) is 21.8 Å². The molecule has 1 aromatic heterocycles. The maximum absolute atomic E-state index is 13.2. The standard InChI is InChI=1S/C24H29N7O7S2/c1-24(2,22(36)37)38-28-15(13-11-40-23(25)26-13)18(32)27-16-19(33)31-17(21(34)35)12(10-39-20(16)31)9-30-8-4-7-29-6-3-5-14(29)30/h11,16,20H,3-10H2,1-2H3,(H4-,25,26,27,32,34,35,36,37)/p+1/b28-15-/t16-,20-/m1/s1. The molecule has 0 saturated carbocycles. The summed E-state index contributed by atoms with van der Waals surface area (Å²) in [5.74, 6) is -2.25. The third kappa shape index (κ3) is 5.12. The lowest BCUT2D eigenvalue weighted by Gasteiger charge is -2.49. The summed E-state index contributed by atoms with van der Waals surface area (Å²) < 4.78 is 2.35. The summed E-state index contributed by atoms with van der Waals surface area (Å²) in [5, 5.41) is 26.7. The molecular formula is C24H30N7O7S2+. The van der Waals surface area contributed by atoms with E-state index in [0.717, 1.165) is 50.2 Å². The van der Waals surface area contributed by atoms with E-state index in [4.69, 9.17) is 10.6 Å². The minimum atomic E-state index is -1.74. The van der Waals surface area contributed by atoms with Gasteiger partial charge in [-0.25, -0.2) is 14.6 Å². The summed E-state index contributed by atoms with van der Waals surface area (Å²) in [6.07, 6.45) is 3.04. The molecule has 2 amide bonds.